The van der Waals surface area contributed by atoms with Crippen molar-refractivity contribution in [2.75, 3.05) is 6.61 Å². The normalized spacial score (nSPS) is 31.8. The summed E-state index contributed by atoms with van der Waals surface area (Å²) in [6.07, 6.45) is 6.82. The van der Waals surface area contributed by atoms with Crippen LogP contribution in [0.5, 0.6) is 0 Å². The third kappa shape index (κ3) is 1.32. The van der Waals surface area contributed by atoms with Crippen LogP contribution < -0.4 is 0 Å². The van der Waals surface area contributed by atoms with E-state index in [1.165, 1.54) is 19.3 Å². The number of Topliss-reactive ketones (excluding diaryl/α,β-unsaturated/α-hetero) is 1. The van der Waals surface area contributed by atoms with E-state index in [4.69, 9.17) is 4.74 Å². The van der Waals surface area contributed by atoms with Crippen LogP contribution in [0, 0.1) is 5.41 Å². The third-order valence-electron chi connectivity index (χ3n) is 3.66. The van der Waals surface area contributed by atoms with Gasteiger partial charge in [-0.05, 0) is 19.8 Å². The lowest BCUT2D eigenvalue weighted by Crippen LogP contribution is -2.56. The average Bonchev–Trinajstić information content (AvgIpc) is 2.19. The lowest BCUT2D eigenvalue weighted by Gasteiger charge is -2.49. The van der Waals surface area contributed by atoms with Crippen molar-refractivity contribution in [3.63, 3.8) is 0 Å². The van der Waals surface area contributed by atoms with Crippen molar-refractivity contribution in [2.24, 2.45) is 5.41 Å². The van der Waals surface area contributed by atoms with Crippen molar-refractivity contribution < 1.29 is 9.53 Å². The first-order valence-corrected chi connectivity index (χ1v) is 5.44. The van der Waals surface area contributed by atoms with E-state index in [2.05, 4.69) is 0 Å². The summed E-state index contributed by atoms with van der Waals surface area (Å²) in [6.45, 7) is 2.76. The first-order valence-electron chi connectivity index (χ1n) is 5.44. The maximum Gasteiger partial charge on any atom is 0.144 e. The highest BCUT2D eigenvalue weighted by Gasteiger charge is 2.55. The van der Waals surface area contributed by atoms with E-state index in [0.717, 1.165) is 19.4 Å². The summed E-state index contributed by atoms with van der Waals surface area (Å²) in [6, 6.07) is 0. The molecule has 0 aromatic carbocycles. The SMILES string of the molecule is CCOC1CC(=O)C12CCCCC2. The quantitative estimate of drug-likeness (QED) is 0.655. The van der Waals surface area contributed by atoms with E-state index in [-0.39, 0.29) is 11.5 Å². The molecule has 1 unspecified atom stereocenters. The van der Waals surface area contributed by atoms with Crippen molar-refractivity contribution in [3.8, 4) is 0 Å². The molecule has 2 saturated carbocycles. The Bertz CT molecular complexity index is 204. The molecule has 2 nitrogen and oxygen atoms in total. The van der Waals surface area contributed by atoms with Crippen molar-refractivity contribution in [1.29, 1.82) is 0 Å². The van der Waals surface area contributed by atoms with E-state index >= 15 is 0 Å². The maximum absolute atomic E-state index is 11.6. The summed E-state index contributed by atoms with van der Waals surface area (Å²) in [5.41, 5.74) is -0.0335. The molecule has 74 valence electrons. The van der Waals surface area contributed by atoms with Crippen LogP contribution in [0.4, 0.5) is 0 Å². The molecule has 0 amide bonds. The zero-order valence-corrected chi connectivity index (χ0v) is 8.34. The van der Waals surface area contributed by atoms with Crippen molar-refractivity contribution >= 4 is 5.78 Å². The monoisotopic (exact) mass is 182 g/mol. The maximum atomic E-state index is 11.6. The zero-order valence-electron chi connectivity index (χ0n) is 8.34. The van der Waals surface area contributed by atoms with Gasteiger partial charge in [0, 0.05) is 13.0 Å². The Morgan fingerprint density at radius 3 is 2.62 bits per heavy atom. The number of ketones is 1. The first-order chi connectivity index (χ1) is 6.29. The molecule has 2 fully saturated rings. The van der Waals surface area contributed by atoms with Crippen LogP contribution in [0.2, 0.25) is 0 Å². The van der Waals surface area contributed by atoms with E-state index in [0.29, 0.717) is 12.2 Å². The van der Waals surface area contributed by atoms with Crippen LogP contribution in [0.25, 0.3) is 0 Å². The van der Waals surface area contributed by atoms with E-state index in [1.54, 1.807) is 0 Å². The number of rotatable bonds is 2. The number of ether oxygens (including phenoxy) is 1. The predicted molar refractivity (Wildman–Crippen MR) is 50.6 cm³/mol. The first kappa shape index (κ1) is 9.20. The summed E-state index contributed by atoms with van der Waals surface area (Å²) < 4.78 is 5.62. The molecule has 1 atom stereocenters. The summed E-state index contributed by atoms with van der Waals surface area (Å²) >= 11 is 0. The second kappa shape index (κ2) is 3.41. The van der Waals surface area contributed by atoms with Gasteiger partial charge in [-0.2, -0.15) is 0 Å². The Balaban J connectivity index is 2.04. The second-order valence-electron chi connectivity index (χ2n) is 4.29. The van der Waals surface area contributed by atoms with Gasteiger partial charge in [-0.1, -0.05) is 19.3 Å². The molecule has 0 heterocycles. The smallest absolute Gasteiger partial charge is 0.144 e. The molecule has 0 bridgehead atoms. The van der Waals surface area contributed by atoms with Crippen LogP contribution in [-0.4, -0.2) is 18.5 Å². The van der Waals surface area contributed by atoms with Gasteiger partial charge in [0.05, 0.1) is 11.5 Å². The molecule has 2 rings (SSSR count). The Morgan fingerprint density at radius 1 is 1.38 bits per heavy atom. The Kier molecular flexibility index (Phi) is 2.41. The molecule has 0 aromatic rings. The highest BCUT2D eigenvalue weighted by molar-refractivity contribution is 5.92. The summed E-state index contributed by atoms with van der Waals surface area (Å²) in [5, 5.41) is 0. The van der Waals surface area contributed by atoms with E-state index in [9.17, 15) is 4.79 Å². The highest BCUT2D eigenvalue weighted by Crippen LogP contribution is 2.50. The number of carbonyl (C=O) groups is 1. The molecule has 1 spiro atoms. The topological polar surface area (TPSA) is 26.3 Å². The fourth-order valence-electron chi connectivity index (χ4n) is 2.82. The minimum Gasteiger partial charge on any atom is -0.377 e. The van der Waals surface area contributed by atoms with Gasteiger partial charge in [0.2, 0.25) is 0 Å². The minimum absolute atomic E-state index is 0.0335. The summed E-state index contributed by atoms with van der Waals surface area (Å²) in [7, 11) is 0. The zero-order chi connectivity index (χ0) is 9.31. The lowest BCUT2D eigenvalue weighted by atomic mass is 9.57. The van der Waals surface area contributed by atoms with Gasteiger partial charge in [-0.3, -0.25) is 4.79 Å². The summed E-state index contributed by atoms with van der Waals surface area (Å²) in [5.74, 6) is 0.464. The van der Waals surface area contributed by atoms with Gasteiger partial charge in [0.1, 0.15) is 5.78 Å². The van der Waals surface area contributed by atoms with Gasteiger partial charge in [-0.25, -0.2) is 0 Å². The van der Waals surface area contributed by atoms with Crippen LogP contribution in [0.15, 0.2) is 0 Å². The molecule has 2 aliphatic rings. The van der Waals surface area contributed by atoms with Crippen molar-refractivity contribution in [2.45, 2.75) is 51.6 Å². The Hall–Kier alpha value is -0.370. The fourth-order valence-corrected chi connectivity index (χ4v) is 2.82. The van der Waals surface area contributed by atoms with Crippen LogP contribution in [0.3, 0.4) is 0 Å². The minimum atomic E-state index is -0.0335. The fraction of sp³-hybridized carbons (Fsp3) is 0.909. The molecule has 0 aliphatic heterocycles. The van der Waals surface area contributed by atoms with Gasteiger partial charge in [0.15, 0.2) is 0 Å². The van der Waals surface area contributed by atoms with Gasteiger partial charge in [0.25, 0.3) is 0 Å². The molecular weight excluding hydrogens is 164 g/mol. The molecule has 0 N–H and O–H groups in total. The van der Waals surface area contributed by atoms with Gasteiger partial charge >= 0.3 is 0 Å². The van der Waals surface area contributed by atoms with Crippen LogP contribution in [-0.2, 0) is 9.53 Å². The largest absolute Gasteiger partial charge is 0.377 e. The molecule has 0 saturated heterocycles. The lowest BCUT2D eigenvalue weighted by molar-refractivity contribution is -0.168. The van der Waals surface area contributed by atoms with E-state index in [1.807, 2.05) is 6.92 Å². The number of hydrogen-bond donors (Lipinski definition) is 0. The van der Waals surface area contributed by atoms with Gasteiger partial charge in [-0.15, -0.1) is 0 Å². The predicted octanol–water partition coefficient (Wildman–Crippen LogP) is 2.31. The Morgan fingerprint density at radius 2 is 2.08 bits per heavy atom. The van der Waals surface area contributed by atoms with Crippen LogP contribution >= 0.6 is 0 Å². The van der Waals surface area contributed by atoms with Crippen molar-refractivity contribution in [1.82, 2.24) is 0 Å². The molecule has 0 radical (unpaired) electrons. The van der Waals surface area contributed by atoms with Gasteiger partial charge < -0.3 is 4.74 Å². The molecule has 13 heavy (non-hydrogen) atoms. The third-order valence-corrected chi connectivity index (χ3v) is 3.66. The second-order valence-corrected chi connectivity index (χ2v) is 4.29. The molecule has 2 heteroatoms. The van der Waals surface area contributed by atoms with E-state index < -0.39 is 0 Å². The highest BCUT2D eigenvalue weighted by atomic mass is 16.5. The molecule has 2 aliphatic carbocycles. The molecule has 0 aromatic heterocycles. The molecular formula is C11H18O2. The van der Waals surface area contributed by atoms with Crippen molar-refractivity contribution in [3.05, 3.63) is 0 Å². The standard InChI is InChI=1S/C11H18O2/c1-2-13-10-8-9(12)11(10)6-4-3-5-7-11/h10H,2-8H2,1H3. The summed E-state index contributed by atoms with van der Waals surface area (Å²) in [4.78, 5) is 11.6. The number of hydrogen-bond acceptors (Lipinski definition) is 2. The van der Waals surface area contributed by atoms with Crippen LogP contribution in [0.1, 0.15) is 45.4 Å². The number of carbonyl (C=O) groups excluding carboxylic acids is 1. The Labute approximate surface area is 79.7 Å². The average molecular weight is 182 g/mol.